The first kappa shape index (κ1) is 15.1. The van der Waals surface area contributed by atoms with Crippen molar-refractivity contribution in [3.63, 3.8) is 0 Å². The Morgan fingerprint density at radius 3 is 2.96 bits per heavy atom. The van der Waals surface area contributed by atoms with E-state index < -0.39 is 0 Å². The van der Waals surface area contributed by atoms with E-state index in [0.717, 1.165) is 38.3 Å². The third kappa shape index (κ3) is 2.76. The van der Waals surface area contributed by atoms with Gasteiger partial charge in [-0.25, -0.2) is 4.98 Å². The summed E-state index contributed by atoms with van der Waals surface area (Å²) in [5, 5.41) is 13.9. The van der Waals surface area contributed by atoms with E-state index in [1.807, 2.05) is 42.5 Å². The monoisotopic (exact) mass is 372 g/mol. The fraction of sp³-hybridized carbons (Fsp3) is 0.0625. The van der Waals surface area contributed by atoms with Crippen LogP contribution in [-0.4, -0.2) is 9.36 Å². The highest BCUT2D eigenvalue weighted by Gasteiger charge is 2.13. The summed E-state index contributed by atoms with van der Waals surface area (Å²) in [6.45, 7) is 0.443. The van der Waals surface area contributed by atoms with E-state index in [9.17, 15) is 0 Å². The molecule has 4 rings (SSSR count). The normalized spacial score (nSPS) is 10.8. The number of nitrogens with zero attached hydrogens (tertiary/aromatic N) is 3. The summed E-state index contributed by atoms with van der Waals surface area (Å²) in [4.78, 5) is 4.58. The largest absolute Gasteiger partial charge is 0.457 e. The van der Waals surface area contributed by atoms with Crippen molar-refractivity contribution in [3.8, 4) is 16.8 Å². The number of hydrogen-bond acceptors (Lipinski definition) is 7. The van der Waals surface area contributed by atoms with E-state index >= 15 is 0 Å². The van der Waals surface area contributed by atoms with Crippen LogP contribution in [-0.2, 0) is 6.54 Å². The SMILES string of the molecule is N#Cc1c(Cl)nsc1NCc1ccc(-c2nc3ccccc3s2)o1. The molecule has 0 atom stereocenters. The third-order valence-electron chi connectivity index (χ3n) is 3.35. The van der Waals surface area contributed by atoms with Crippen LogP contribution in [0.5, 0.6) is 0 Å². The number of halogens is 1. The molecule has 4 aromatic rings. The standard InChI is InChI=1S/C16H9ClN4OS2/c17-14-10(7-18)15(24-21-14)19-8-9-5-6-12(22-9)16-20-11-3-1-2-4-13(11)23-16/h1-6,19H,8H2. The molecule has 0 bridgehead atoms. The summed E-state index contributed by atoms with van der Waals surface area (Å²) < 4.78 is 10.9. The number of aromatic nitrogens is 2. The Labute approximate surface area is 150 Å². The average molecular weight is 373 g/mol. The van der Waals surface area contributed by atoms with E-state index in [4.69, 9.17) is 21.3 Å². The first-order chi connectivity index (χ1) is 11.7. The third-order valence-corrected chi connectivity index (χ3v) is 5.58. The molecule has 8 heteroatoms. The van der Waals surface area contributed by atoms with Gasteiger partial charge < -0.3 is 9.73 Å². The van der Waals surface area contributed by atoms with E-state index in [1.54, 1.807) is 11.3 Å². The van der Waals surface area contributed by atoms with Crippen molar-refractivity contribution < 1.29 is 4.42 Å². The van der Waals surface area contributed by atoms with Crippen LogP contribution in [0.2, 0.25) is 5.15 Å². The Balaban J connectivity index is 1.53. The van der Waals surface area contributed by atoms with Crippen LogP contribution in [0.1, 0.15) is 11.3 Å². The van der Waals surface area contributed by atoms with E-state index in [2.05, 4.69) is 14.7 Å². The first-order valence-corrected chi connectivity index (χ1v) is 8.95. The van der Waals surface area contributed by atoms with E-state index in [0.29, 0.717) is 17.1 Å². The molecule has 0 amide bonds. The lowest BCUT2D eigenvalue weighted by atomic mass is 10.3. The minimum absolute atomic E-state index is 0.222. The quantitative estimate of drug-likeness (QED) is 0.536. The Kier molecular flexibility index (Phi) is 3.94. The molecule has 0 spiro atoms. The number of benzene rings is 1. The Morgan fingerprint density at radius 1 is 1.25 bits per heavy atom. The fourth-order valence-electron chi connectivity index (χ4n) is 2.22. The molecule has 0 radical (unpaired) electrons. The molecule has 3 heterocycles. The first-order valence-electron chi connectivity index (χ1n) is 6.98. The van der Waals surface area contributed by atoms with Crippen LogP contribution in [0.4, 0.5) is 5.00 Å². The highest BCUT2D eigenvalue weighted by molar-refractivity contribution is 7.21. The fourth-order valence-corrected chi connectivity index (χ4v) is 4.08. The molecule has 0 saturated carbocycles. The smallest absolute Gasteiger partial charge is 0.163 e. The molecule has 3 aromatic heterocycles. The summed E-state index contributed by atoms with van der Waals surface area (Å²) in [5.74, 6) is 1.48. The van der Waals surface area contributed by atoms with Gasteiger partial charge in [0.05, 0.1) is 16.8 Å². The molecule has 5 nitrogen and oxygen atoms in total. The zero-order valence-corrected chi connectivity index (χ0v) is 14.5. The highest BCUT2D eigenvalue weighted by atomic mass is 35.5. The van der Waals surface area contributed by atoms with Gasteiger partial charge in [0.25, 0.3) is 0 Å². The molecule has 0 unspecified atom stereocenters. The number of para-hydroxylation sites is 1. The molecule has 24 heavy (non-hydrogen) atoms. The summed E-state index contributed by atoms with van der Waals surface area (Å²) >= 11 is 8.61. The van der Waals surface area contributed by atoms with Gasteiger partial charge in [0, 0.05) is 0 Å². The van der Waals surface area contributed by atoms with Crippen molar-refractivity contribution in [1.29, 1.82) is 5.26 Å². The number of nitrogens with one attached hydrogen (secondary N) is 1. The zero-order chi connectivity index (χ0) is 16.5. The number of anilines is 1. The van der Waals surface area contributed by atoms with Gasteiger partial charge in [-0.15, -0.1) is 11.3 Å². The van der Waals surface area contributed by atoms with Crippen molar-refractivity contribution in [3.05, 3.63) is 52.9 Å². The van der Waals surface area contributed by atoms with Crippen LogP contribution < -0.4 is 5.32 Å². The summed E-state index contributed by atoms with van der Waals surface area (Å²) in [6, 6.07) is 13.8. The van der Waals surface area contributed by atoms with Crippen LogP contribution in [0.15, 0.2) is 40.8 Å². The number of furan rings is 1. The maximum atomic E-state index is 9.07. The number of fused-ring (bicyclic) bond motifs is 1. The molecule has 118 valence electrons. The van der Waals surface area contributed by atoms with Gasteiger partial charge in [0.1, 0.15) is 22.4 Å². The van der Waals surface area contributed by atoms with Gasteiger partial charge in [0.2, 0.25) is 0 Å². The highest BCUT2D eigenvalue weighted by Crippen LogP contribution is 2.32. The van der Waals surface area contributed by atoms with Crippen LogP contribution in [0, 0.1) is 11.3 Å². The summed E-state index contributed by atoms with van der Waals surface area (Å²) in [6.07, 6.45) is 0. The average Bonchev–Trinajstić information content (AvgIpc) is 3.30. The molecule has 0 fully saturated rings. The van der Waals surface area contributed by atoms with Gasteiger partial charge in [-0.1, -0.05) is 23.7 Å². The second kappa shape index (κ2) is 6.24. The Morgan fingerprint density at radius 2 is 2.12 bits per heavy atom. The van der Waals surface area contributed by atoms with Crippen molar-refractivity contribution in [1.82, 2.24) is 9.36 Å². The Bertz CT molecular complexity index is 1030. The van der Waals surface area contributed by atoms with Crippen LogP contribution in [0.3, 0.4) is 0 Å². The minimum atomic E-state index is 0.222. The van der Waals surface area contributed by atoms with Crippen LogP contribution >= 0.6 is 34.5 Å². The van der Waals surface area contributed by atoms with E-state index in [1.165, 1.54) is 0 Å². The lowest BCUT2D eigenvalue weighted by molar-refractivity contribution is 0.531. The molecule has 1 N–H and O–H groups in total. The summed E-state index contributed by atoms with van der Waals surface area (Å²) in [5.41, 5.74) is 1.33. The second-order valence-electron chi connectivity index (χ2n) is 4.90. The van der Waals surface area contributed by atoms with Crippen molar-refractivity contribution in [2.75, 3.05) is 5.32 Å². The molecular weight excluding hydrogens is 364 g/mol. The topological polar surface area (TPSA) is 74.7 Å². The maximum absolute atomic E-state index is 9.07. The van der Waals surface area contributed by atoms with Gasteiger partial charge >= 0.3 is 0 Å². The molecule has 1 aromatic carbocycles. The lowest BCUT2D eigenvalue weighted by Crippen LogP contribution is -1.97. The molecule has 0 saturated heterocycles. The van der Waals surface area contributed by atoms with Gasteiger partial charge in [-0.2, -0.15) is 9.64 Å². The number of nitriles is 1. The predicted octanol–water partition coefficient (Wildman–Crippen LogP) is 5.15. The Hall–Kier alpha value is -2.40. The second-order valence-corrected chi connectivity index (χ2v) is 7.06. The van der Waals surface area contributed by atoms with E-state index in [-0.39, 0.29) is 5.15 Å². The molecular formula is C16H9ClN4OS2. The van der Waals surface area contributed by atoms with Crippen LogP contribution in [0.25, 0.3) is 21.0 Å². The number of rotatable bonds is 4. The number of thiazole rings is 1. The van der Waals surface area contributed by atoms with Gasteiger partial charge in [-0.05, 0) is 35.8 Å². The molecule has 0 aliphatic rings. The summed E-state index contributed by atoms with van der Waals surface area (Å²) in [7, 11) is 0. The van der Waals surface area contributed by atoms with Crippen molar-refractivity contribution >= 4 is 49.7 Å². The van der Waals surface area contributed by atoms with Crippen molar-refractivity contribution in [2.24, 2.45) is 0 Å². The zero-order valence-electron chi connectivity index (χ0n) is 12.1. The van der Waals surface area contributed by atoms with Gasteiger partial charge in [0.15, 0.2) is 15.9 Å². The van der Waals surface area contributed by atoms with Gasteiger partial charge in [-0.3, -0.25) is 0 Å². The molecule has 0 aliphatic heterocycles. The predicted molar refractivity (Wildman–Crippen MR) is 96.5 cm³/mol. The van der Waals surface area contributed by atoms with Crippen molar-refractivity contribution in [2.45, 2.75) is 6.54 Å². The number of hydrogen-bond donors (Lipinski definition) is 1. The maximum Gasteiger partial charge on any atom is 0.163 e. The molecule has 0 aliphatic carbocycles. The minimum Gasteiger partial charge on any atom is -0.457 e. The lowest BCUT2D eigenvalue weighted by Gasteiger charge is -2.00.